The number of piperazine rings is 1. The van der Waals surface area contributed by atoms with Gasteiger partial charge in [-0.2, -0.15) is 0 Å². The molecule has 2 aliphatic rings. The molecule has 0 bridgehead atoms. The summed E-state index contributed by atoms with van der Waals surface area (Å²) >= 11 is 0. The number of carbonyl (C=O) groups is 3. The fourth-order valence-electron chi connectivity index (χ4n) is 6.19. The summed E-state index contributed by atoms with van der Waals surface area (Å²) in [4.78, 5) is 52.6. The van der Waals surface area contributed by atoms with Gasteiger partial charge >= 0.3 is 0 Å². The maximum Gasteiger partial charge on any atom is 0.288 e. The van der Waals surface area contributed by atoms with Gasteiger partial charge < -0.3 is 35.2 Å². The smallest absolute Gasteiger partial charge is 0.288 e. The molecule has 2 aliphatic heterocycles. The van der Waals surface area contributed by atoms with Gasteiger partial charge in [0.15, 0.2) is 6.10 Å². The third-order valence-corrected chi connectivity index (χ3v) is 8.83. The standard InChI is InChI=1S/C35H51N7O5/c1-35(2)30(25-13-9-8-10-14-25)47-34(38-35)41-19-20-42(33(45)27(40(5)6)15-11-12-18-39(3)4)28(23-41)32(44)37-22-24-16-17-26(31(36)43)29(21-24)46-7/h8-10,13-14,16-17,21,27-28,30H,11-12,15,18-20,22-23H2,1-7H3,(H2,36,43)(H,37,44)/t27-,28+,30+/m1/s1. The largest absolute Gasteiger partial charge is 0.496 e. The van der Waals surface area contributed by atoms with Crippen LogP contribution in [0.4, 0.5) is 0 Å². The molecular formula is C35H51N7O5. The topological polar surface area (TPSA) is 133 Å². The quantitative estimate of drug-likeness (QED) is 0.317. The number of hydrogen-bond donors (Lipinski definition) is 2. The molecule has 0 aliphatic carbocycles. The van der Waals surface area contributed by atoms with E-state index in [9.17, 15) is 14.4 Å². The number of primary amides is 1. The summed E-state index contributed by atoms with van der Waals surface area (Å²) in [5.74, 6) is -0.617. The minimum atomic E-state index is -0.780. The Bertz CT molecular complexity index is 1430. The zero-order chi connectivity index (χ0) is 34.3. The number of nitrogens with zero attached hydrogens (tertiary/aromatic N) is 5. The summed E-state index contributed by atoms with van der Waals surface area (Å²) in [6.07, 6.45) is 2.30. The van der Waals surface area contributed by atoms with Crippen LogP contribution in [0.25, 0.3) is 0 Å². The number of hydrogen-bond acceptors (Lipinski definition) is 9. The van der Waals surface area contributed by atoms with Crippen molar-refractivity contribution in [3.05, 3.63) is 65.2 Å². The van der Waals surface area contributed by atoms with E-state index in [1.165, 1.54) is 7.11 Å². The van der Waals surface area contributed by atoms with Crippen LogP contribution in [0, 0.1) is 0 Å². The number of likely N-dealkylation sites (N-methyl/N-ethyl adjacent to an activating group) is 1. The normalized spacial score (nSPS) is 19.7. The maximum absolute atomic E-state index is 14.2. The Labute approximate surface area is 278 Å². The molecule has 256 valence electrons. The van der Waals surface area contributed by atoms with E-state index in [0.29, 0.717) is 31.3 Å². The number of ether oxygens (including phenoxy) is 2. The molecular weight excluding hydrogens is 598 g/mol. The van der Waals surface area contributed by atoms with E-state index in [0.717, 1.165) is 30.5 Å². The summed E-state index contributed by atoms with van der Waals surface area (Å²) in [5.41, 5.74) is 6.97. The van der Waals surface area contributed by atoms with Gasteiger partial charge in [0.25, 0.3) is 11.9 Å². The summed E-state index contributed by atoms with van der Waals surface area (Å²) < 4.78 is 11.8. The number of amides is 3. The molecule has 0 saturated carbocycles. The number of carbonyl (C=O) groups excluding carboxylic acids is 3. The highest BCUT2D eigenvalue weighted by Gasteiger charge is 2.45. The number of rotatable bonds is 13. The van der Waals surface area contributed by atoms with Gasteiger partial charge in [0, 0.05) is 19.6 Å². The van der Waals surface area contributed by atoms with E-state index >= 15 is 0 Å². The Kier molecular flexibility index (Phi) is 11.9. The third kappa shape index (κ3) is 8.81. The lowest BCUT2D eigenvalue weighted by Crippen LogP contribution is -2.64. The molecule has 3 atom stereocenters. The van der Waals surface area contributed by atoms with Gasteiger partial charge in [-0.3, -0.25) is 19.3 Å². The molecule has 4 rings (SSSR count). The third-order valence-electron chi connectivity index (χ3n) is 8.83. The van der Waals surface area contributed by atoms with Crippen molar-refractivity contribution in [2.45, 2.75) is 63.4 Å². The Morgan fingerprint density at radius 1 is 1.09 bits per heavy atom. The summed E-state index contributed by atoms with van der Waals surface area (Å²) in [6.45, 7) is 6.27. The summed E-state index contributed by atoms with van der Waals surface area (Å²) in [6, 6.07) is 14.3. The molecule has 1 fully saturated rings. The molecule has 1 saturated heterocycles. The van der Waals surface area contributed by atoms with Crippen LogP contribution in [0.3, 0.4) is 0 Å². The average molecular weight is 650 g/mol. The molecule has 2 heterocycles. The van der Waals surface area contributed by atoms with Crippen molar-refractivity contribution in [3.8, 4) is 5.75 Å². The van der Waals surface area contributed by atoms with Crippen molar-refractivity contribution in [1.29, 1.82) is 0 Å². The number of nitrogens with two attached hydrogens (primary N) is 1. The van der Waals surface area contributed by atoms with Crippen molar-refractivity contribution in [1.82, 2.24) is 24.9 Å². The molecule has 2 aromatic carbocycles. The first-order valence-electron chi connectivity index (χ1n) is 16.2. The van der Waals surface area contributed by atoms with E-state index in [1.54, 1.807) is 23.1 Å². The number of amidine groups is 1. The highest BCUT2D eigenvalue weighted by atomic mass is 16.5. The number of aliphatic imine (C=N–C) groups is 1. The van der Waals surface area contributed by atoms with Gasteiger partial charge in [0.05, 0.1) is 25.3 Å². The van der Waals surface area contributed by atoms with Gasteiger partial charge in [0.2, 0.25) is 11.8 Å². The SMILES string of the molecule is COc1cc(CNC(=O)[C@@H]2CN(C3=NC(C)(C)[C@H](c4ccccc4)O3)CCN2C(=O)[C@@H](CCCCN(C)C)N(C)C)ccc1C(N)=O. The van der Waals surface area contributed by atoms with Gasteiger partial charge in [-0.15, -0.1) is 0 Å². The van der Waals surface area contributed by atoms with Crippen LogP contribution in [0.15, 0.2) is 53.5 Å². The predicted molar refractivity (Wildman–Crippen MR) is 182 cm³/mol. The molecule has 0 unspecified atom stereocenters. The molecule has 0 aromatic heterocycles. The minimum Gasteiger partial charge on any atom is -0.496 e. The monoisotopic (exact) mass is 649 g/mol. The highest BCUT2D eigenvalue weighted by Crippen LogP contribution is 2.38. The lowest BCUT2D eigenvalue weighted by molar-refractivity contribution is -0.147. The molecule has 0 radical (unpaired) electrons. The zero-order valence-corrected chi connectivity index (χ0v) is 28.9. The van der Waals surface area contributed by atoms with E-state index in [1.807, 2.05) is 82.2 Å². The van der Waals surface area contributed by atoms with E-state index in [-0.39, 0.29) is 42.6 Å². The van der Waals surface area contributed by atoms with Gasteiger partial charge in [-0.1, -0.05) is 42.8 Å². The molecule has 12 nitrogen and oxygen atoms in total. The first kappa shape index (κ1) is 35.7. The Morgan fingerprint density at radius 2 is 1.81 bits per heavy atom. The lowest BCUT2D eigenvalue weighted by Gasteiger charge is -2.42. The summed E-state index contributed by atoms with van der Waals surface area (Å²) in [7, 11) is 9.37. The number of unbranched alkanes of at least 4 members (excludes halogenated alkanes) is 1. The second kappa shape index (κ2) is 15.6. The molecule has 0 spiro atoms. The fourth-order valence-corrected chi connectivity index (χ4v) is 6.19. The van der Waals surface area contributed by atoms with Crippen LogP contribution in [-0.4, -0.2) is 122 Å². The van der Waals surface area contributed by atoms with Crippen LogP contribution in [0.2, 0.25) is 0 Å². The van der Waals surface area contributed by atoms with Crippen LogP contribution < -0.4 is 15.8 Å². The maximum atomic E-state index is 14.2. The summed E-state index contributed by atoms with van der Waals surface area (Å²) in [5, 5.41) is 3.02. The molecule has 3 amide bonds. The van der Waals surface area contributed by atoms with Crippen LogP contribution in [0.5, 0.6) is 5.75 Å². The first-order chi connectivity index (χ1) is 22.3. The Morgan fingerprint density at radius 3 is 2.45 bits per heavy atom. The lowest BCUT2D eigenvalue weighted by atomic mass is 9.93. The molecule has 47 heavy (non-hydrogen) atoms. The van der Waals surface area contributed by atoms with Crippen molar-refractivity contribution in [2.24, 2.45) is 10.7 Å². The molecule has 12 heteroatoms. The minimum absolute atomic E-state index is 0.0658. The van der Waals surface area contributed by atoms with Crippen molar-refractivity contribution < 1.29 is 23.9 Å². The number of methoxy groups -OCH3 is 1. The van der Waals surface area contributed by atoms with E-state index in [4.69, 9.17) is 20.2 Å². The van der Waals surface area contributed by atoms with Gasteiger partial charge in [0.1, 0.15) is 17.3 Å². The fraction of sp³-hybridized carbons (Fsp3) is 0.543. The van der Waals surface area contributed by atoms with Crippen LogP contribution in [0.1, 0.15) is 60.7 Å². The van der Waals surface area contributed by atoms with Crippen molar-refractivity contribution in [2.75, 3.05) is 61.5 Å². The van der Waals surface area contributed by atoms with E-state index < -0.39 is 17.5 Å². The van der Waals surface area contributed by atoms with Gasteiger partial charge in [-0.25, -0.2) is 4.99 Å². The first-order valence-corrected chi connectivity index (χ1v) is 16.2. The van der Waals surface area contributed by atoms with Crippen LogP contribution in [-0.2, 0) is 20.9 Å². The molecule has 2 aromatic rings. The van der Waals surface area contributed by atoms with E-state index in [2.05, 4.69) is 10.2 Å². The van der Waals surface area contributed by atoms with Gasteiger partial charge in [-0.05, 0) is 84.7 Å². The zero-order valence-electron chi connectivity index (χ0n) is 28.9. The Hall–Kier alpha value is -4.16. The van der Waals surface area contributed by atoms with Crippen molar-refractivity contribution in [3.63, 3.8) is 0 Å². The Balaban J connectivity index is 1.55. The second-order valence-electron chi connectivity index (χ2n) is 13.3. The van der Waals surface area contributed by atoms with Crippen LogP contribution >= 0.6 is 0 Å². The van der Waals surface area contributed by atoms with Crippen molar-refractivity contribution >= 4 is 23.7 Å². The second-order valence-corrected chi connectivity index (χ2v) is 13.3. The predicted octanol–water partition coefficient (Wildman–Crippen LogP) is 2.49. The number of benzene rings is 2. The number of nitrogens with one attached hydrogen (secondary N) is 1. The molecule has 3 N–H and O–H groups in total. The highest BCUT2D eigenvalue weighted by molar-refractivity contribution is 5.95. The average Bonchev–Trinajstić information content (AvgIpc) is 3.37.